The van der Waals surface area contributed by atoms with Gasteiger partial charge in [0, 0.05) is 5.56 Å². The van der Waals surface area contributed by atoms with Crippen molar-refractivity contribution in [3.63, 3.8) is 0 Å². The van der Waals surface area contributed by atoms with Crippen molar-refractivity contribution in [1.82, 2.24) is 0 Å². The second-order valence-corrected chi connectivity index (χ2v) is 4.19. The van der Waals surface area contributed by atoms with Gasteiger partial charge in [-0.1, -0.05) is 43.0 Å². The molecule has 0 fully saturated rings. The lowest BCUT2D eigenvalue weighted by Crippen LogP contribution is -2.04. The van der Waals surface area contributed by atoms with E-state index >= 15 is 0 Å². The Morgan fingerprint density at radius 2 is 1.60 bits per heavy atom. The second kappa shape index (κ2) is 5.33. The molecule has 20 heavy (non-hydrogen) atoms. The molecule has 0 N–H and O–H groups in total. The zero-order chi connectivity index (χ0) is 14.8. The molecule has 0 saturated carbocycles. The van der Waals surface area contributed by atoms with E-state index in [0.29, 0.717) is 16.7 Å². The van der Waals surface area contributed by atoms with Gasteiger partial charge >= 0.3 is 6.18 Å². The monoisotopic (exact) mass is 276 g/mol. The first kappa shape index (κ1) is 14.1. The van der Waals surface area contributed by atoms with E-state index < -0.39 is 11.7 Å². The first-order valence-electron chi connectivity index (χ1n) is 5.87. The molecule has 0 aliphatic heterocycles. The molecule has 0 bridgehead atoms. The third-order valence-electron chi connectivity index (χ3n) is 2.90. The predicted octanol–water partition coefficient (Wildman–Crippen LogP) is 4.74. The first-order valence-corrected chi connectivity index (χ1v) is 5.87. The highest BCUT2D eigenvalue weighted by atomic mass is 19.4. The molecule has 4 heteroatoms. The summed E-state index contributed by atoms with van der Waals surface area (Å²) in [6, 6.07) is 11.5. The molecule has 0 aliphatic rings. The van der Waals surface area contributed by atoms with E-state index in [2.05, 4.69) is 6.58 Å². The van der Waals surface area contributed by atoms with E-state index in [1.807, 2.05) is 0 Å². The number of halogens is 3. The van der Waals surface area contributed by atoms with E-state index in [1.54, 1.807) is 24.3 Å². The average molecular weight is 276 g/mol. The molecular formula is C16H11F3O. The molecule has 0 spiro atoms. The second-order valence-electron chi connectivity index (χ2n) is 4.19. The van der Waals surface area contributed by atoms with Crippen LogP contribution in [0.3, 0.4) is 0 Å². The average Bonchev–Trinajstić information content (AvgIpc) is 2.45. The van der Waals surface area contributed by atoms with Crippen LogP contribution < -0.4 is 0 Å². The molecule has 2 aromatic carbocycles. The molecule has 0 atom stereocenters. The normalized spacial score (nSPS) is 11.2. The van der Waals surface area contributed by atoms with Crippen molar-refractivity contribution in [1.29, 1.82) is 0 Å². The summed E-state index contributed by atoms with van der Waals surface area (Å²) in [5.74, 6) is -0.263. The van der Waals surface area contributed by atoms with Crippen LogP contribution in [0.25, 0.3) is 11.1 Å². The largest absolute Gasteiger partial charge is 0.416 e. The topological polar surface area (TPSA) is 17.1 Å². The molecule has 1 nitrogen and oxygen atoms in total. The van der Waals surface area contributed by atoms with Crippen molar-refractivity contribution in [2.24, 2.45) is 0 Å². The van der Waals surface area contributed by atoms with Crippen LogP contribution in [0.4, 0.5) is 13.2 Å². The van der Waals surface area contributed by atoms with Crippen molar-refractivity contribution in [2.75, 3.05) is 0 Å². The number of ketones is 1. The molecule has 0 amide bonds. The Hall–Kier alpha value is -2.36. The fourth-order valence-corrected chi connectivity index (χ4v) is 1.90. The summed E-state index contributed by atoms with van der Waals surface area (Å²) in [5, 5.41) is 0. The van der Waals surface area contributed by atoms with Gasteiger partial charge in [-0.2, -0.15) is 13.2 Å². The maximum atomic E-state index is 12.5. The summed E-state index contributed by atoms with van der Waals surface area (Å²) < 4.78 is 37.6. The summed E-state index contributed by atoms with van der Waals surface area (Å²) in [5.41, 5.74) is 0.853. The molecule has 0 heterocycles. The molecule has 2 rings (SSSR count). The minimum atomic E-state index is -4.37. The van der Waals surface area contributed by atoms with Gasteiger partial charge in [-0.25, -0.2) is 0 Å². The number of alkyl halides is 3. The van der Waals surface area contributed by atoms with Gasteiger partial charge in [0.15, 0.2) is 5.78 Å². The van der Waals surface area contributed by atoms with Crippen LogP contribution >= 0.6 is 0 Å². The lowest BCUT2D eigenvalue weighted by Gasteiger charge is -2.10. The van der Waals surface area contributed by atoms with Crippen molar-refractivity contribution in [2.45, 2.75) is 6.18 Å². The van der Waals surface area contributed by atoms with Gasteiger partial charge in [-0.05, 0) is 29.3 Å². The maximum absolute atomic E-state index is 12.5. The summed E-state index contributed by atoms with van der Waals surface area (Å²) >= 11 is 0. The molecule has 102 valence electrons. The van der Waals surface area contributed by atoms with Crippen molar-refractivity contribution in [3.05, 3.63) is 72.3 Å². The van der Waals surface area contributed by atoms with E-state index in [4.69, 9.17) is 0 Å². The van der Waals surface area contributed by atoms with Gasteiger partial charge in [-0.15, -0.1) is 0 Å². The number of hydrogen-bond acceptors (Lipinski definition) is 1. The summed E-state index contributed by atoms with van der Waals surface area (Å²) in [6.07, 6.45) is -3.18. The fraction of sp³-hybridized carbons (Fsp3) is 0.0625. The lowest BCUT2D eigenvalue weighted by molar-refractivity contribution is -0.137. The SMILES string of the molecule is C=CC(=O)c1ccccc1-c1ccc(C(F)(F)F)cc1. The smallest absolute Gasteiger partial charge is 0.289 e. The molecule has 0 aliphatic carbocycles. The fourth-order valence-electron chi connectivity index (χ4n) is 1.90. The molecule has 0 unspecified atom stereocenters. The summed E-state index contributed by atoms with van der Waals surface area (Å²) in [7, 11) is 0. The molecule has 2 aromatic rings. The minimum absolute atomic E-state index is 0.263. The van der Waals surface area contributed by atoms with E-state index in [-0.39, 0.29) is 5.78 Å². The highest BCUT2D eigenvalue weighted by Gasteiger charge is 2.30. The van der Waals surface area contributed by atoms with Gasteiger partial charge in [-0.3, -0.25) is 4.79 Å². The number of carbonyl (C=O) groups excluding carboxylic acids is 1. The lowest BCUT2D eigenvalue weighted by atomic mass is 9.96. The van der Waals surface area contributed by atoms with Gasteiger partial charge in [0.25, 0.3) is 0 Å². The standard InChI is InChI=1S/C16H11F3O/c1-2-15(20)14-6-4-3-5-13(14)11-7-9-12(10-8-11)16(17,18)19/h2-10H,1H2. The third kappa shape index (κ3) is 2.79. The van der Waals surface area contributed by atoms with Crippen LogP contribution in [0, 0.1) is 0 Å². The first-order chi connectivity index (χ1) is 9.43. The Morgan fingerprint density at radius 3 is 2.15 bits per heavy atom. The van der Waals surface area contributed by atoms with E-state index in [9.17, 15) is 18.0 Å². The predicted molar refractivity (Wildman–Crippen MR) is 71.4 cm³/mol. The quantitative estimate of drug-likeness (QED) is 0.584. The molecule has 0 aromatic heterocycles. The Bertz CT molecular complexity index is 640. The zero-order valence-corrected chi connectivity index (χ0v) is 10.4. The molecule has 0 saturated heterocycles. The van der Waals surface area contributed by atoms with Crippen LogP contribution in [0.15, 0.2) is 61.2 Å². The Balaban J connectivity index is 2.47. The number of hydrogen-bond donors (Lipinski definition) is 0. The van der Waals surface area contributed by atoms with Crippen molar-refractivity contribution in [3.8, 4) is 11.1 Å². The molecule has 0 radical (unpaired) electrons. The number of benzene rings is 2. The van der Waals surface area contributed by atoms with Crippen LogP contribution in [0.1, 0.15) is 15.9 Å². The highest BCUT2D eigenvalue weighted by molar-refractivity contribution is 6.08. The van der Waals surface area contributed by atoms with E-state index in [0.717, 1.165) is 12.1 Å². The third-order valence-corrected chi connectivity index (χ3v) is 2.90. The van der Waals surface area contributed by atoms with Crippen molar-refractivity contribution < 1.29 is 18.0 Å². The van der Waals surface area contributed by atoms with Gasteiger partial charge in [0.1, 0.15) is 0 Å². The minimum Gasteiger partial charge on any atom is -0.289 e. The Morgan fingerprint density at radius 1 is 1.00 bits per heavy atom. The number of carbonyl (C=O) groups is 1. The Kier molecular flexibility index (Phi) is 3.74. The zero-order valence-electron chi connectivity index (χ0n) is 10.4. The van der Waals surface area contributed by atoms with Crippen LogP contribution in [0.5, 0.6) is 0 Å². The number of rotatable bonds is 3. The summed E-state index contributed by atoms with van der Waals surface area (Å²) in [4.78, 5) is 11.7. The van der Waals surface area contributed by atoms with Crippen molar-refractivity contribution >= 4 is 5.78 Å². The van der Waals surface area contributed by atoms with Crippen LogP contribution in [-0.4, -0.2) is 5.78 Å². The van der Waals surface area contributed by atoms with E-state index in [1.165, 1.54) is 18.2 Å². The highest BCUT2D eigenvalue weighted by Crippen LogP contribution is 2.31. The molecular weight excluding hydrogens is 265 g/mol. The van der Waals surface area contributed by atoms with Crippen LogP contribution in [0.2, 0.25) is 0 Å². The Labute approximate surface area is 114 Å². The van der Waals surface area contributed by atoms with Gasteiger partial charge in [0.05, 0.1) is 5.56 Å². The van der Waals surface area contributed by atoms with Gasteiger partial charge < -0.3 is 0 Å². The maximum Gasteiger partial charge on any atom is 0.416 e. The summed E-state index contributed by atoms with van der Waals surface area (Å²) in [6.45, 7) is 3.42. The van der Waals surface area contributed by atoms with Gasteiger partial charge in [0.2, 0.25) is 0 Å². The van der Waals surface area contributed by atoms with Crippen LogP contribution in [-0.2, 0) is 6.18 Å². The number of allylic oxidation sites excluding steroid dienone is 1.